The van der Waals surface area contributed by atoms with E-state index in [2.05, 4.69) is 0 Å². The Bertz CT molecular complexity index is 666. The molecule has 0 aliphatic carbocycles. The minimum Gasteiger partial charge on any atom is -0.507 e. The van der Waals surface area contributed by atoms with Crippen LogP contribution in [0.1, 0.15) is 30.6 Å². The quantitative estimate of drug-likeness (QED) is 0.931. The van der Waals surface area contributed by atoms with Crippen LogP contribution in [0.2, 0.25) is 0 Å². The van der Waals surface area contributed by atoms with Crippen molar-refractivity contribution in [1.29, 1.82) is 0 Å². The average Bonchev–Trinajstić information content (AvgIpc) is 2.54. The Morgan fingerprint density at radius 3 is 2.73 bits per heavy atom. The first-order valence-electron chi connectivity index (χ1n) is 7.50. The largest absolute Gasteiger partial charge is 0.507 e. The molecule has 0 aromatic heterocycles. The molecule has 3 rings (SSSR count). The summed E-state index contributed by atoms with van der Waals surface area (Å²) in [5.41, 5.74) is 1.96. The average molecular weight is 300 g/mol. The number of aromatic hydroxyl groups is 1. The fraction of sp³-hybridized carbons (Fsp3) is 0.333. The topological polar surface area (TPSA) is 47.9 Å². The minimum absolute atomic E-state index is 0.157. The molecule has 0 radical (unpaired) electrons. The van der Waals surface area contributed by atoms with E-state index in [0.717, 1.165) is 29.9 Å². The van der Waals surface area contributed by atoms with E-state index in [1.165, 1.54) is 5.56 Å². The Labute approximate surface area is 130 Å². The van der Waals surface area contributed by atoms with Crippen molar-refractivity contribution in [1.82, 2.24) is 0 Å². The molecule has 116 valence electrons. The summed E-state index contributed by atoms with van der Waals surface area (Å²) in [6.45, 7) is 2.58. The molecule has 2 aromatic rings. The van der Waals surface area contributed by atoms with E-state index >= 15 is 0 Å². The molecule has 1 N–H and O–H groups in total. The first kappa shape index (κ1) is 14.6. The fourth-order valence-corrected chi connectivity index (χ4v) is 2.75. The van der Waals surface area contributed by atoms with Crippen molar-refractivity contribution in [2.75, 3.05) is 13.7 Å². The van der Waals surface area contributed by atoms with Crippen LogP contribution in [-0.2, 0) is 6.42 Å². The molecule has 1 unspecified atom stereocenters. The first-order chi connectivity index (χ1) is 10.7. The van der Waals surface area contributed by atoms with Crippen LogP contribution in [0.3, 0.4) is 0 Å². The second kappa shape index (κ2) is 6.18. The van der Waals surface area contributed by atoms with Crippen molar-refractivity contribution in [3.63, 3.8) is 0 Å². The molecule has 22 heavy (non-hydrogen) atoms. The predicted octanol–water partition coefficient (Wildman–Crippen LogP) is 3.87. The molecule has 0 fully saturated rings. The third kappa shape index (κ3) is 2.82. The summed E-state index contributed by atoms with van der Waals surface area (Å²) in [5, 5.41) is 10.2. The van der Waals surface area contributed by atoms with Crippen molar-refractivity contribution in [2.45, 2.75) is 25.9 Å². The van der Waals surface area contributed by atoms with E-state index in [1.807, 2.05) is 37.3 Å². The molecule has 1 heterocycles. The van der Waals surface area contributed by atoms with Crippen molar-refractivity contribution >= 4 is 0 Å². The van der Waals surface area contributed by atoms with E-state index in [-0.39, 0.29) is 11.9 Å². The Hall–Kier alpha value is -2.36. The number of phenolic OH excluding ortho intramolecular Hbond substituents is 1. The summed E-state index contributed by atoms with van der Waals surface area (Å²) in [4.78, 5) is 0. The lowest BCUT2D eigenvalue weighted by molar-refractivity contribution is 0.172. The van der Waals surface area contributed by atoms with E-state index < -0.39 is 0 Å². The highest BCUT2D eigenvalue weighted by molar-refractivity contribution is 5.45. The fourth-order valence-electron chi connectivity index (χ4n) is 2.75. The molecular weight excluding hydrogens is 280 g/mol. The number of hydrogen-bond acceptors (Lipinski definition) is 4. The van der Waals surface area contributed by atoms with Crippen molar-refractivity contribution < 1.29 is 19.3 Å². The molecule has 1 aliphatic rings. The monoisotopic (exact) mass is 300 g/mol. The highest BCUT2D eigenvalue weighted by Crippen LogP contribution is 2.40. The molecular formula is C18H20O4. The van der Waals surface area contributed by atoms with Crippen molar-refractivity contribution in [2.24, 2.45) is 0 Å². The van der Waals surface area contributed by atoms with Crippen LogP contribution >= 0.6 is 0 Å². The lowest BCUT2D eigenvalue weighted by atomic mass is 9.96. The summed E-state index contributed by atoms with van der Waals surface area (Å²) in [6.07, 6.45) is 1.59. The Morgan fingerprint density at radius 1 is 1.18 bits per heavy atom. The molecule has 2 aromatic carbocycles. The standard InChI is InChI=1S/C18H20O4/c1-3-21-14-6-4-12-5-9-17(22-18(12)11-14)15-8-7-13(20-2)10-16(15)19/h4,6-8,10-11,17,19H,3,5,9H2,1-2H3. The van der Waals surface area contributed by atoms with Crippen LogP contribution in [-0.4, -0.2) is 18.8 Å². The number of aryl methyl sites for hydroxylation is 1. The summed E-state index contributed by atoms with van der Waals surface area (Å²) in [7, 11) is 1.58. The Morgan fingerprint density at radius 2 is 2.00 bits per heavy atom. The van der Waals surface area contributed by atoms with E-state index in [1.54, 1.807) is 13.2 Å². The van der Waals surface area contributed by atoms with E-state index in [0.29, 0.717) is 12.4 Å². The van der Waals surface area contributed by atoms with Gasteiger partial charge in [-0.15, -0.1) is 0 Å². The van der Waals surface area contributed by atoms with Crippen LogP contribution in [0, 0.1) is 0 Å². The zero-order valence-electron chi connectivity index (χ0n) is 12.8. The summed E-state index contributed by atoms with van der Waals surface area (Å²) < 4.78 is 16.7. The molecule has 4 heteroatoms. The van der Waals surface area contributed by atoms with Crippen LogP contribution < -0.4 is 14.2 Å². The molecule has 1 aliphatic heterocycles. The van der Waals surface area contributed by atoms with Gasteiger partial charge in [0, 0.05) is 17.7 Å². The van der Waals surface area contributed by atoms with Crippen molar-refractivity contribution in [3.05, 3.63) is 47.5 Å². The van der Waals surface area contributed by atoms with Crippen LogP contribution in [0.25, 0.3) is 0 Å². The van der Waals surface area contributed by atoms with Crippen LogP contribution in [0.4, 0.5) is 0 Å². The van der Waals surface area contributed by atoms with Gasteiger partial charge in [-0.25, -0.2) is 0 Å². The van der Waals surface area contributed by atoms with E-state index in [9.17, 15) is 5.11 Å². The third-order valence-corrected chi connectivity index (χ3v) is 3.88. The molecule has 4 nitrogen and oxygen atoms in total. The van der Waals surface area contributed by atoms with Gasteiger partial charge in [-0.2, -0.15) is 0 Å². The second-order valence-electron chi connectivity index (χ2n) is 5.27. The van der Waals surface area contributed by atoms with Crippen molar-refractivity contribution in [3.8, 4) is 23.0 Å². The van der Waals surface area contributed by atoms with Gasteiger partial charge >= 0.3 is 0 Å². The van der Waals surface area contributed by atoms with Gasteiger partial charge in [0.1, 0.15) is 29.1 Å². The van der Waals surface area contributed by atoms with Gasteiger partial charge in [0.2, 0.25) is 0 Å². The zero-order valence-corrected chi connectivity index (χ0v) is 12.8. The number of ether oxygens (including phenoxy) is 3. The highest BCUT2D eigenvalue weighted by Gasteiger charge is 2.24. The number of methoxy groups -OCH3 is 1. The van der Waals surface area contributed by atoms with Gasteiger partial charge in [-0.05, 0) is 43.5 Å². The molecule has 0 saturated carbocycles. The number of benzene rings is 2. The second-order valence-corrected chi connectivity index (χ2v) is 5.27. The SMILES string of the molecule is CCOc1ccc2c(c1)OC(c1ccc(OC)cc1O)CC2. The van der Waals surface area contributed by atoms with E-state index in [4.69, 9.17) is 14.2 Å². The summed E-state index contributed by atoms with van der Waals surface area (Å²) in [5.74, 6) is 2.48. The maximum atomic E-state index is 10.2. The number of phenols is 1. The highest BCUT2D eigenvalue weighted by atomic mass is 16.5. The van der Waals surface area contributed by atoms with Gasteiger partial charge in [0.25, 0.3) is 0 Å². The smallest absolute Gasteiger partial charge is 0.128 e. The zero-order chi connectivity index (χ0) is 15.5. The predicted molar refractivity (Wildman–Crippen MR) is 84.0 cm³/mol. The number of hydrogen-bond donors (Lipinski definition) is 1. The van der Waals surface area contributed by atoms with Gasteiger partial charge < -0.3 is 19.3 Å². The van der Waals surface area contributed by atoms with Crippen LogP contribution in [0.5, 0.6) is 23.0 Å². The number of fused-ring (bicyclic) bond motifs is 1. The first-order valence-corrected chi connectivity index (χ1v) is 7.50. The molecule has 1 atom stereocenters. The summed E-state index contributed by atoms with van der Waals surface area (Å²) >= 11 is 0. The summed E-state index contributed by atoms with van der Waals surface area (Å²) in [6, 6.07) is 11.2. The van der Waals surface area contributed by atoms with Gasteiger partial charge in [0.05, 0.1) is 13.7 Å². The molecule has 0 saturated heterocycles. The maximum Gasteiger partial charge on any atom is 0.128 e. The van der Waals surface area contributed by atoms with Gasteiger partial charge in [-0.1, -0.05) is 6.07 Å². The Kier molecular flexibility index (Phi) is 4.09. The molecule has 0 bridgehead atoms. The third-order valence-electron chi connectivity index (χ3n) is 3.88. The normalized spacial score (nSPS) is 16.5. The number of rotatable bonds is 4. The minimum atomic E-state index is -0.157. The lowest BCUT2D eigenvalue weighted by Crippen LogP contribution is -2.15. The molecule has 0 amide bonds. The van der Waals surface area contributed by atoms with Crippen LogP contribution in [0.15, 0.2) is 36.4 Å². The Balaban J connectivity index is 1.85. The maximum absolute atomic E-state index is 10.2. The van der Waals surface area contributed by atoms with Gasteiger partial charge in [-0.3, -0.25) is 0 Å². The molecule has 0 spiro atoms. The van der Waals surface area contributed by atoms with Gasteiger partial charge in [0.15, 0.2) is 0 Å². The lowest BCUT2D eigenvalue weighted by Gasteiger charge is -2.27.